The van der Waals surface area contributed by atoms with Crippen molar-refractivity contribution in [3.63, 3.8) is 0 Å². The molecule has 0 atom stereocenters. The number of aromatic amines is 1. The zero-order valence-corrected chi connectivity index (χ0v) is 16.8. The monoisotopic (exact) mass is 396 g/mol. The zero-order chi connectivity index (χ0) is 20.0. The van der Waals surface area contributed by atoms with Crippen molar-refractivity contribution in [2.24, 2.45) is 5.10 Å². The summed E-state index contributed by atoms with van der Waals surface area (Å²) in [5, 5.41) is 10.9. The molecule has 0 amide bonds. The van der Waals surface area contributed by atoms with Crippen molar-refractivity contribution < 1.29 is 8.42 Å². The zero-order valence-electron chi connectivity index (χ0n) is 16.0. The molecule has 3 rings (SSSR count). The van der Waals surface area contributed by atoms with Gasteiger partial charge in [0.1, 0.15) is 0 Å². The SMILES string of the molecule is CCCc1ccc(S(=O)(=O)N/N=C\c2cn[nH]c2-c2ccc(CC)cc2)cc1. The highest BCUT2D eigenvalue weighted by atomic mass is 32.2. The average molecular weight is 397 g/mol. The predicted octanol–water partition coefficient (Wildman–Crippen LogP) is 3.90. The van der Waals surface area contributed by atoms with Crippen molar-refractivity contribution in [1.29, 1.82) is 0 Å². The van der Waals surface area contributed by atoms with Crippen molar-refractivity contribution in [1.82, 2.24) is 15.0 Å². The quantitative estimate of drug-likeness (QED) is 0.447. The average Bonchev–Trinajstić information content (AvgIpc) is 3.17. The first-order valence-corrected chi connectivity index (χ1v) is 10.8. The van der Waals surface area contributed by atoms with Gasteiger partial charge in [-0.05, 0) is 36.1 Å². The number of hydrazone groups is 1. The maximum Gasteiger partial charge on any atom is 0.276 e. The van der Waals surface area contributed by atoms with Crippen molar-refractivity contribution in [2.75, 3.05) is 0 Å². The molecule has 0 unspecified atom stereocenters. The van der Waals surface area contributed by atoms with Crippen LogP contribution in [-0.4, -0.2) is 24.8 Å². The van der Waals surface area contributed by atoms with Gasteiger partial charge in [-0.3, -0.25) is 5.10 Å². The Labute approximate surface area is 165 Å². The van der Waals surface area contributed by atoms with Gasteiger partial charge in [-0.2, -0.15) is 18.6 Å². The summed E-state index contributed by atoms with van der Waals surface area (Å²) in [5.74, 6) is 0. The Hall–Kier alpha value is -2.93. The van der Waals surface area contributed by atoms with E-state index >= 15 is 0 Å². The molecule has 0 radical (unpaired) electrons. The van der Waals surface area contributed by atoms with E-state index in [-0.39, 0.29) is 4.90 Å². The first-order chi connectivity index (χ1) is 13.5. The van der Waals surface area contributed by atoms with Gasteiger partial charge in [-0.1, -0.05) is 56.7 Å². The third-order valence-corrected chi connectivity index (χ3v) is 5.71. The summed E-state index contributed by atoms with van der Waals surface area (Å²) in [6.45, 7) is 4.19. The molecule has 0 bridgehead atoms. The van der Waals surface area contributed by atoms with Gasteiger partial charge in [-0.15, -0.1) is 0 Å². The molecule has 28 heavy (non-hydrogen) atoms. The number of hydrogen-bond donors (Lipinski definition) is 2. The van der Waals surface area contributed by atoms with Gasteiger partial charge in [0.15, 0.2) is 0 Å². The van der Waals surface area contributed by atoms with E-state index in [1.807, 2.05) is 24.3 Å². The van der Waals surface area contributed by atoms with Crippen LogP contribution in [0, 0.1) is 0 Å². The predicted molar refractivity (Wildman–Crippen MR) is 112 cm³/mol. The Balaban J connectivity index is 1.73. The van der Waals surface area contributed by atoms with Crippen LogP contribution in [0.15, 0.2) is 64.7 Å². The number of rotatable bonds is 8. The highest BCUT2D eigenvalue weighted by Gasteiger charge is 2.13. The second-order valence-electron chi connectivity index (χ2n) is 6.50. The molecule has 1 aromatic heterocycles. The maximum absolute atomic E-state index is 12.4. The molecule has 6 nitrogen and oxygen atoms in total. The number of H-pyrrole nitrogens is 1. The fraction of sp³-hybridized carbons (Fsp3) is 0.238. The van der Waals surface area contributed by atoms with Crippen LogP contribution in [0.3, 0.4) is 0 Å². The van der Waals surface area contributed by atoms with Gasteiger partial charge in [0.25, 0.3) is 10.0 Å². The molecular weight excluding hydrogens is 372 g/mol. The smallest absolute Gasteiger partial charge is 0.276 e. The summed E-state index contributed by atoms with van der Waals surface area (Å²) in [7, 11) is -3.71. The molecule has 0 fully saturated rings. The number of nitrogens with zero attached hydrogens (tertiary/aromatic N) is 2. The maximum atomic E-state index is 12.4. The Morgan fingerprint density at radius 3 is 2.36 bits per heavy atom. The standard InChI is InChI=1S/C21H24N4O2S/c1-3-5-17-8-12-20(13-9-17)28(26,27)25-23-15-19-14-22-24-21(19)18-10-6-16(4-2)7-11-18/h6-15,25H,3-5H2,1-2H3,(H,22,24)/b23-15-. The van der Waals surface area contributed by atoms with E-state index in [1.165, 1.54) is 11.8 Å². The Morgan fingerprint density at radius 2 is 1.71 bits per heavy atom. The molecule has 2 aromatic carbocycles. The minimum atomic E-state index is -3.71. The van der Waals surface area contributed by atoms with E-state index in [0.717, 1.165) is 36.1 Å². The van der Waals surface area contributed by atoms with Crippen LogP contribution < -0.4 is 4.83 Å². The van der Waals surface area contributed by atoms with Crippen molar-refractivity contribution in [3.05, 3.63) is 71.4 Å². The number of nitrogens with one attached hydrogen (secondary N) is 2. The highest BCUT2D eigenvalue weighted by molar-refractivity contribution is 7.89. The van der Waals surface area contributed by atoms with Gasteiger partial charge >= 0.3 is 0 Å². The van der Waals surface area contributed by atoms with Crippen LogP contribution in [0.1, 0.15) is 37.0 Å². The lowest BCUT2D eigenvalue weighted by atomic mass is 10.1. The van der Waals surface area contributed by atoms with Crippen molar-refractivity contribution in [3.8, 4) is 11.3 Å². The fourth-order valence-electron chi connectivity index (χ4n) is 2.87. The Kier molecular flexibility index (Phi) is 6.26. The Morgan fingerprint density at radius 1 is 1.04 bits per heavy atom. The van der Waals surface area contributed by atoms with E-state index < -0.39 is 10.0 Å². The minimum Gasteiger partial charge on any atom is -0.277 e. The van der Waals surface area contributed by atoms with Gasteiger partial charge in [0.2, 0.25) is 0 Å². The van der Waals surface area contributed by atoms with Gasteiger partial charge in [0, 0.05) is 11.1 Å². The first-order valence-electron chi connectivity index (χ1n) is 9.30. The van der Waals surface area contributed by atoms with Gasteiger partial charge < -0.3 is 0 Å². The molecule has 0 aliphatic rings. The lowest BCUT2D eigenvalue weighted by Crippen LogP contribution is -2.18. The van der Waals surface area contributed by atoms with E-state index in [9.17, 15) is 8.42 Å². The molecule has 146 valence electrons. The van der Waals surface area contributed by atoms with Crippen LogP contribution >= 0.6 is 0 Å². The third-order valence-electron chi connectivity index (χ3n) is 4.47. The van der Waals surface area contributed by atoms with E-state index in [2.05, 4.69) is 46.1 Å². The van der Waals surface area contributed by atoms with E-state index in [1.54, 1.807) is 18.3 Å². The summed E-state index contributed by atoms with van der Waals surface area (Å²) in [6.07, 6.45) is 5.98. The van der Waals surface area contributed by atoms with Gasteiger partial charge in [0.05, 0.1) is 23.0 Å². The molecule has 0 aliphatic carbocycles. The second-order valence-corrected chi connectivity index (χ2v) is 8.16. The number of aromatic nitrogens is 2. The Bertz CT molecular complexity index is 1040. The number of benzene rings is 2. The molecular formula is C21H24N4O2S. The fourth-order valence-corrected chi connectivity index (χ4v) is 3.66. The van der Waals surface area contributed by atoms with Gasteiger partial charge in [-0.25, -0.2) is 4.83 Å². The molecule has 0 saturated heterocycles. The number of sulfonamides is 1. The molecule has 7 heteroatoms. The van der Waals surface area contributed by atoms with Crippen LogP contribution in [0.25, 0.3) is 11.3 Å². The van der Waals surface area contributed by atoms with E-state index in [4.69, 9.17) is 0 Å². The summed E-state index contributed by atoms with van der Waals surface area (Å²) in [6, 6.07) is 15.0. The van der Waals surface area contributed by atoms with E-state index in [0.29, 0.717) is 5.56 Å². The summed E-state index contributed by atoms with van der Waals surface area (Å²) < 4.78 is 24.8. The van der Waals surface area contributed by atoms with Crippen LogP contribution in [-0.2, 0) is 22.9 Å². The largest absolute Gasteiger partial charge is 0.277 e. The highest BCUT2D eigenvalue weighted by Crippen LogP contribution is 2.20. The molecule has 1 heterocycles. The lowest BCUT2D eigenvalue weighted by Gasteiger charge is -2.05. The number of aryl methyl sites for hydroxylation is 2. The summed E-state index contributed by atoms with van der Waals surface area (Å²) in [5.41, 5.74) is 4.81. The van der Waals surface area contributed by atoms with Crippen LogP contribution in [0.5, 0.6) is 0 Å². The number of hydrogen-bond acceptors (Lipinski definition) is 4. The molecule has 0 saturated carbocycles. The van der Waals surface area contributed by atoms with Crippen molar-refractivity contribution >= 4 is 16.2 Å². The topological polar surface area (TPSA) is 87.2 Å². The van der Waals surface area contributed by atoms with Crippen LogP contribution in [0.4, 0.5) is 0 Å². The second kappa shape index (κ2) is 8.84. The molecule has 3 aromatic rings. The molecule has 0 spiro atoms. The van der Waals surface area contributed by atoms with Crippen molar-refractivity contribution in [2.45, 2.75) is 38.0 Å². The third kappa shape index (κ3) is 4.67. The summed E-state index contributed by atoms with van der Waals surface area (Å²) in [4.78, 5) is 2.45. The summed E-state index contributed by atoms with van der Waals surface area (Å²) >= 11 is 0. The van der Waals surface area contributed by atoms with Crippen LogP contribution in [0.2, 0.25) is 0 Å². The molecule has 0 aliphatic heterocycles. The normalized spacial score (nSPS) is 11.8. The minimum absolute atomic E-state index is 0.187. The molecule has 2 N–H and O–H groups in total. The first kappa shape index (κ1) is 19.8. The lowest BCUT2D eigenvalue weighted by molar-refractivity contribution is 0.584.